The van der Waals surface area contributed by atoms with Crippen LogP contribution < -0.4 is 5.32 Å². The van der Waals surface area contributed by atoms with E-state index in [9.17, 15) is 17.6 Å². The third-order valence-corrected chi connectivity index (χ3v) is 8.60. The summed E-state index contributed by atoms with van der Waals surface area (Å²) in [5.74, 6) is -0.799. The fourth-order valence-corrected chi connectivity index (χ4v) is 6.62. The number of carbonyl (C=O) groups is 1. The number of halogens is 1. The van der Waals surface area contributed by atoms with E-state index in [0.717, 1.165) is 48.2 Å². The van der Waals surface area contributed by atoms with Gasteiger partial charge in [-0.2, -0.15) is 9.40 Å². The van der Waals surface area contributed by atoms with Crippen LogP contribution in [0.5, 0.6) is 0 Å². The molecule has 0 spiro atoms. The van der Waals surface area contributed by atoms with Gasteiger partial charge in [-0.15, -0.1) is 0 Å². The lowest BCUT2D eigenvalue weighted by molar-refractivity contribution is -0.125. The Hall–Kier alpha value is -3.04. The van der Waals surface area contributed by atoms with E-state index in [4.69, 9.17) is 0 Å². The van der Waals surface area contributed by atoms with Gasteiger partial charge in [-0.25, -0.2) is 12.8 Å². The summed E-state index contributed by atoms with van der Waals surface area (Å²) in [4.78, 5) is 13.3. The summed E-state index contributed by atoms with van der Waals surface area (Å²) < 4.78 is 42.8. The molecule has 0 saturated carbocycles. The van der Waals surface area contributed by atoms with Crippen LogP contribution in [0.2, 0.25) is 0 Å². The molecule has 1 amide bonds. The smallest absolute Gasteiger partial charge is 0.243 e. The molecule has 2 aromatic carbocycles. The van der Waals surface area contributed by atoms with Crippen molar-refractivity contribution in [3.63, 3.8) is 0 Å². The van der Waals surface area contributed by atoms with Crippen molar-refractivity contribution in [2.24, 2.45) is 0 Å². The summed E-state index contributed by atoms with van der Waals surface area (Å²) in [5.41, 5.74) is 3.27. The topological polar surface area (TPSA) is 84.3 Å². The Morgan fingerprint density at radius 3 is 2.59 bits per heavy atom. The van der Waals surface area contributed by atoms with E-state index in [-0.39, 0.29) is 23.4 Å². The highest BCUT2D eigenvalue weighted by molar-refractivity contribution is 7.89. The van der Waals surface area contributed by atoms with Gasteiger partial charge in [0, 0.05) is 17.8 Å². The van der Waals surface area contributed by atoms with E-state index < -0.39 is 21.9 Å². The Balaban J connectivity index is 1.32. The summed E-state index contributed by atoms with van der Waals surface area (Å²) in [6, 6.07) is 13.9. The second kappa shape index (κ2) is 9.31. The number of nitrogens with zero attached hydrogens (tertiary/aromatic N) is 3. The van der Waals surface area contributed by atoms with Gasteiger partial charge in [-0.1, -0.05) is 30.3 Å². The van der Waals surface area contributed by atoms with Crippen LogP contribution in [0.1, 0.15) is 48.5 Å². The van der Waals surface area contributed by atoms with Crippen molar-refractivity contribution in [3.8, 4) is 0 Å². The molecule has 178 valence electrons. The van der Waals surface area contributed by atoms with Gasteiger partial charge >= 0.3 is 0 Å². The van der Waals surface area contributed by atoms with E-state index >= 15 is 0 Å². The van der Waals surface area contributed by atoms with Crippen LogP contribution in [0.25, 0.3) is 0 Å². The van der Waals surface area contributed by atoms with Crippen LogP contribution in [0.15, 0.2) is 65.7 Å². The van der Waals surface area contributed by atoms with Crippen molar-refractivity contribution in [1.82, 2.24) is 19.4 Å². The average molecular weight is 483 g/mol. The number of sulfonamides is 1. The third kappa shape index (κ3) is 4.37. The molecule has 0 unspecified atom stereocenters. The van der Waals surface area contributed by atoms with Gasteiger partial charge in [0.1, 0.15) is 11.9 Å². The molecule has 9 heteroatoms. The molecule has 2 atom stereocenters. The molecule has 5 rings (SSSR count). The molecule has 34 heavy (non-hydrogen) atoms. The molecule has 2 heterocycles. The van der Waals surface area contributed by atoms with Crippen LogP contribution in [0.3, 0.4) is 0 Å². The molecule has 1 saturated heterocycles. The number of hydrogen-bond acceptors (Lipinski definition) is 4. The largest absolute Gasteiger partial charge is 0.348 e. The molecule has 2 aliphatic rings. The van der Waals surface area contributed by atoms with Gasteiger partial charge in [0.2, 0.25) is 15.9 Å². The minimum Gasteiger partial charge on any atom is -0.348 e. The lowest BCUT2D eigenvalue weighted by Gasteiger charge is -2.28. The van der Waals surface area contributed by atoms with Crippen molar-refractivity contribution in [2.75, 3.05) is 6.54 Å². The van der Waals surface area contributed by atoms with E-state index in [1.54, 1.807) is 0 Å². The maximum atomic E-state index is 13.3. The zero-order chi connectivity index (χ0) is 23.7. The van der Waals surface area contributed by atoms with Crippen LogP contribution >= 0.6 is 0 Å². The molecule has 1 fully saturated rings. The van der Waals surface area contributed by atoms with Crippen molar-refractivity contribution in [1.29, 1.82) is 0 Å². The fourth-order valence-electron chi connectivity index (χ4n) is 4.96. The van der Waals surface area contributed by atoms with Crippen LogP contribution in [-0.4, -0.2) is 41.0 Å². The average Bonchev–Trinajstić information content (AvgIpc) is 3.49. The minimum atomic E-state index is -3.89. The molecule has 3 aromatic rings. The van der Waals surface area contributed by atoms with Gasteiger partial charge in [-0.05, 0) is 61.9 Å². The first-order valence-corrected chi connectivity index (χ1v) is 13.0. The molecule has 0 radical (unpaired) electrons. The SMILES string of the molecule is O=C(N[C@H]1CCCc2c1cnn2Cc1ccccc1)[C@H]1CCCN1S(=O)(=O)c1ccc(F)cc1. The Labute approximate surface area is 198 Å². The second-order valence-corrected chi connectivity index (χ2v) is 10.8. The summed E-state index contributed by atoms with van der Waals surface area (Å²) in [6.45, 7) is 0.936. The van der Waals surface area contributed by atoms with Crippen LogP contribution in [0.4, 0.5) is 4.39 Å². The van der Waals surface area contributed by atoms with Crippen molar-refractivity contribution in [3.05, 3.63) is 83.4 Å². The van der Waals surface area contributed by atoms with E-state index in [2.05, 4.69) is 22.5 Å². The zero-order valence-electron chi connectivity index (χ0n) is 18.7. The summed E-state index contributed by atoms with van der Waals surface area (Å²) in [5, 5.41) is 7.68. The molecule has 0 bridgehead atoms. The predicted octanol–water partition coefficient (Wildman–Crippen LogP) is 3.42. The Bertz CT molecular complexity index is 1280. The Morgan fingerprint density at radius 2 is 1.82 bits per heavy atom. The molecule has 7 nitrogen and oxygen atoms in total. The lowest BCUT2D eigenvalue weighted by Crippen LogP contribution is -2.47. The number of hydrogen-bond donors (Lipinski definition) is 1. The van der Waals surface area contributed by atoms with Gasteiger partial charge in [0.25, 0.3) is 0 Å². The third-order valence-electron chi connectivity index (χ3n) is 6.68. The highest BCUT2D eigenvalue weighted by Crippen LogP contribution is 2.32. The van der Waals surface area contributed by atoms with Gasteiger partial charge in [0.05, 0.1) is 23.7 Å². The highest BCUT2D eigenvalue weighted by Gasteiger charge is 2.40. The number of fused-ring (bicyclic) bond motifs is 1. The number of benzene rings is 2. The van der Waals surface area contributed by atoms with Gasteiger partial charge in [-0.3, -0.25) is 9.48 Å². The number of carbonyl (C=O) groups excluding carboxylic acids is 1. The lowest BCUT2D eigenvalue weighted by atomic mass is 9.92. The zero-order valence-corrected chi connectivity index (χ0v) is 19.5. The van der Waals surface area contributed by atoms with Crippen LogP contribution in [-0.2, 0) is 27.8 Å². The standard InChI is InChI=1S/C25H27FN4O3S/c26-19-11-13-20(14-12-19)34(32,33)30-15-5-10-24(30)25(31)28-22-8-4-9-23-21(22)16-27-29(23)17-18-6-2-1-3-7-18/h1-3,6-7,11-14,16,22,24H,4-5,8-10,15,17H2,(H,28,31)/t22-,24+/m0/s1. The minimum absolute atomic E-state index is 0.00394. The molecule has 1 aliphatic heterocycles. The maximum Gasteiger partial charge on any atom is 0.243 e. The summed E-state index contributed by atoms with van der Waals surface area (Å²) in [6.07, 6.45) is 5.48. The number of nitrogens with one attached hydrogen (secondary N) is 1. The van der Waals surface area contributed by atoms with Crippen LogP contribution in [0, 0.1) is 5.82 Å². The van der Waals surface area contributed by atoms with Gasteiger partial charge < -0.3 is 5.32 Å². The molecular formula is C25H27FN4O3S. The van der Waals surface area contributed by atoms with E-state index in [1.807, 2.05) is 29.1 Å². The van der Waals surface area contributed by atoms with E-state index in [0.29, 0.717) is 19.4 Å². The second-order valence-electron chi connectivity index (χ2n) is 8.87. The predicted molar refractivity (Wildman–Crippen MR) is 125 cm³/mol. The van der Waals surface area contributed by atoms with Gasteiger partial charge in [0.15, 0.2) is 0 Å². The quantitative estimate of drug-likeness (QED) is 0.584. The molecule has 1 aliphatic carbocycles. The Morgan fingerprint density at radius 1 is 1.06 bits per heavy atom. The van der Waals surface area contributed by atoms with Crippen molar-refractivity contribution in [2.45, 2.75) is 55.6 Å². The van der Waals surface area contributed by atoms with Crippen molar-refractivity contribution < 1.29 is 17.6 Å². The summed E-state index contributed by atoms with van der Waals surface area (Å²) >= 11 is 0. The highest BCUT2D eigenvalue weighted by atomic mass is 32.2. The number of aromatic nitrogens is 2. The fraction of sp³-hybridized carbons (Fsp3) is 0.360. The first-order valence-electron chi connectivity index (χ1n) is 11.6. The molecule has 1 N–H and O–H groups in total. The number of rotatable bonds is 6. The van der Waals surface area contributed by atoms with E-state index in [1.165, 1.54) is 16.4 Å². The number of amides is 1. The van der Waals surface area contributed by atoms with Crippen molar-refractivity contribution >= 4 is 15.9 Å². The Kier molecular flexibility index (Phi) is 6.22. The molecular weight excluding hydrogens is 455 g/mol. The monoisotopic (exact) mass is 482 g/mol. The first-order chi connectivity index (χ1) is 16.4. The summed E-state index contributed by atoms with van der Waals surface area (Å²) in [7, 11) is -3.89. The normalized spacial score (nSPS) is 20.7. The first kappa shape index (κ1) is 22.7. The maximum absolute atomic E-state index is 13.3. The molecule has 1 aromatic heterocycles.